The highest BCUT2D eigenvalue weighted by atomic mass is 14.9. The SMILES string of the molecule is C/C=C\C=C1/CNC(C(C)C/C=C(C)\C=C(/C)C#CN)=C1CC(C)C. The van der Waals surface area contributed by atoms with Crippen molar-refractivity contribution >= 4 is 0 Å². The summed E-state index contributed by atoms with van der Waals surface area (Å²) in [4.78, 5) is 0. The monoisotopic (exact) mass is 338 g/mol. The molecule has 0 radical (unpaired) electrons. The first-order valence-corrected chi connectivity index (χ1v) is 9.24. The van der Waals surface area contributed by atoms with Crippen molar-refractivity contribution < 1.29 is 0 Å². The highest BCUT2D eigenvalue weighted by Crippen LogP contribution is 2.32. The summed E-state index contributed by atoms with van der Waals surface area (Å²) in [6.07, 6.45) is 13.0. The third-order valence-electron chi connectivity index (χ3n) is 4.28. The average molecular weight is 339 g/mol. The molecule has 25 heavy (non-hydrogen) atoms. The average Bonchev–Trinajstić information content (AvgIpc) is 2.92. The molecule has 2 nitrogen and oxygen atoms in total. The Balaban J connectivity index is 2.97. The second-order valence-electron chi connectivity index (χ2n) is 7.24. The Morgan fingerprint density at radius 3 is 2.60 bits per heavy atom. The summed E-state index contributed by atoms with van der Waals surface area (Å²) in [5.74, 6) is 4.02. The van der Waals surface area contributed by atoms with E-state index in [0.29, 0.717) is 11.8 Å². The predicted octanol–water partition coefficient (Wildman–Crippen LogP) is 5.23. The van der Waals surface area contributed by atoms with Gasteiger partial charge in [0.25, 0.3) is 0 Å². The molecule has 0 saturated heterocycles. The van der Waals surface area contributed by atoms with Crippen LogP contribution in [0.5, 0.6) is 0 Å². The van der Waals surface area contributed by atoms with Crippen molar-refractivity contribution in [3.05, 3.63) is 58.4 Å². The molecular formula is C23H34N2. The van der Waals surface area contributed by atoms with Crippen LogP contribution in [0.25, 0.3) is 0 Å². The van der Waals surface area contributed by atoms with E-state index in [9.17, 15) is 0 Å². The zero-order valence-corrected chi connectivity index (χ0v) is 16.7. The molecule has 0 bridgehead atoms. The van der Waals surface area contributed by atoms with Crippen LogP contribution in [-0.4, -0.2) is 6.54 Å². The molecule has 1 aliphatic heterocycles. The van der Waals surface area contributed by atoms with Crippen molar-refractivity contribution in [3.8, 4) is 12.0 Å². The summed E-state index contributed by atoms with van der Waals surface area (Å²) in [5.41, 5.74) is 11.9. The van der Waals surface area contributed by atoms with E-state index in [2.05, 4.69) is 82.3 Å². The number of hydrogen-bond acceptors (Lipinski definition) is 2. The third kappa shape index (κ3) is 7.10. The zero-order valence-electron chi connectivity index (χ0n) is 16.7. The minimum Gasteiger partial charge on any atom is -0.384 e. The highest BCUT2D eigenvalue weighted by molar-refractivity contribution is 5.44. The van der Waals surface area contributed by atoms with Gasteiger partial charge in [-0.15, -0.1) is 0 Å². The number of rotatable bonds is 7. The number of hydrogen-bond donors (Lipinski definition) is 2. The molecule has 3 N–H and O–H groups in total. The molecule has 0 spiro atoms. The first kappa shape index (κ1) is 20.9. The second-order valence-corrected chi connectivity index (χ2v) is 7.24. The van der Waals surface area contributed by atoms with Gasteiger partial charge in [0.15, 0.2) is 0 Å². The van der Waals surface area contributed by atoms with E-state index in [4.69, 9.17) is 5.73 Å². The van der Waals surface area contributed by atoms with Crippen LogP contribution in [0.1, 0.15) is 54.4 Å². The van der Waals surface area contributed by atoms with Gasteiger partial charge in [-0.2, -0.15) is 0 Å². The molecule has 0 aromatic carbocycles. The minimum absolute atomic E-state index is 0.481. The smallest absolute Gasteiger partial charge is 0.0401 e. The van der Waals surface area contributed by atoms with Crippen LogP contribution in [0.3, 0.4) is 0 Å². The van der Waals surface area contributed by atoms with Crippen LogP contribution in [-0.2, 0) is 0 Å². The predicted molar refractivity (Wildman–Crippen MR) is 111 cm³/mol. The molecule has 1 aliphatic rings. The van der Waals surface area contributed by atoms with Crippen molar-refractivity contribution in [1.82, 2.24) is 5.32 Å². The lowest BCUT2D eigenvalue weighted by Crippen LogP contribution is -2.14. The van der Waals surface area contributed by atoms with Crippen molar-refractivity contribution in [3.63, 3.8) is 0 Å². The lowest BCUT2D eigenvalue weighted by molar-refractivity contribution is 0.609. The van der Waals surface area contributed by atoms with E-state index in [1.165, 1.54) is 22.4 Å². The summed E-state index contributed by atoms with van der Waals surface area (Å²) in [5, 5.41) is 3.65. The Bertz CT molecular complexity index is 658. The van der Waals surface area contributed by atoms with Crippen molar-refractivity contribution in [2.24, 2.45) is 17.6 Å². The van der Waals surface area contributed by atoms with Crippen LogP contribution in [0, 0.1) is 23.8 Å². The van der Waals surface area contributed by atoms with Crippen molar-refractivity contribution in [1.29, 1.82) is 0 Å². The molecule has 2 heteroatoms. The van der Waals surface area contributed by atoms with Gasteiger partial charge in [0.2, 0.25) is 0 Å². The second kappa shape index (κ2) is 10.7. The number of nitrogens with two attached hydrogens (primary N) is 1. The minimum atomic E-state index is 0.481. The van der Waals surface area contributed by atoms with Gasteiger partial charge in [-0.25, -0.2) is 0 Å². The Kier molecular flexibility index (Phi) is 8.92. The molecule has 1 unspecified atom stereocenters. The topological polar surface area (TPSA) is 38.0 Å². The van der Waals surface area contributed by atoms with Crippen LogP contribution in [0.2, 0.25) is 0 Å². The van der Waals surface area contributed by atoms with Gasteiger partial charge in [-0.05, 0) is 68.6 Å². The van der Waals surface area contributed by atoms with E-state index in [0.717, 1.165) is 25.0 Å². The van der Waals surface area contributed by atoms with Gasteiger partial charge < -0.3 is 11.1 Å². The Morgan fingerprint density at radius 1 is 1.28 bits per heavy atom. The molecular weight excluding hydrogens is 304 g/mol. The van der Waals surface area contributed by atoms with E-state index >= 15 is 0 Å². The van der Waals surface area contributed by atoms with Crippen LogP contribution in [0.15, 0.2) is 58.4 Å². The normalized spacial score (nSPS) is 18.8. The zero-order chi connectivity index (χ0) is 18.8. The molecule has 1 heterocycles. The molecule has 1 atom stereocenters. The summed E-state index contributed by atoms with van der Waals surface area (Å²) in [6, 6.07) is 2.45. The van der Waals surface area contributed by atoms with Gasteiger partial charge in [0.1, 0.15) is 0 Å². The van der Waals surface area contributed by atoms with Gasteiger partial charge in [0, 0.05) is 23.9 Å². The largest absolute Gasteiger partial charge is 0.384 e. The fraction of sp³-hybridized carbons (Fsp3) is 0.478. The van der Waals surface area contributed by atoms with Crippen LogP contribution >= 0.6 is 0 Å². The van der Waals surface area contributed by atoms with E-state index < -0.39 is 0 Å². The molecule has 0 aliphatic carbocycles. The number of allylic oxidation sites excluding steroid dienone is 8. The van der Waals surface area contributed by atoms with Gasteiger partial charge in [-0.1, -0.05) is 50.6 Å². The van der Waals surface area contributed by atoms with E-state index in [-0.39, 0.29) is 0 Å². The maximum atomic E-state index is 5.27. The molecule has 0 saturated carbocycles. The lowest BCUT2D eigenvalue weighted by Gasteiger charge is -2.16. The number of nitrogens with one attached hydrogen (secondary N) is 1. The standard InChI is InChI=1S/C23H34N2/c1-7-8-9-21-16-25-23(22(21)14-17(2)3)20(6)11-10-18(4)15-19(5)12-13-24/h7-10,15,17,20,25H,11,14,16,24H2,1-6H3/b8-7-,18-10-,19-15+,21-9+. The maximum Gasteiger partial charge on any atom is 0.0401 e. The van der Waals surface area contributed by atoms with Gasteiger partial charge in [-0.3, -0.25) is 0 Å². The van der Waals surface area contributed by atoms with E-state index in [1.807, 2.05) is 6.92 Å². The molecule has 0 fully saturated rings. The molecule has 0 aromatic rings. The fourth-order valence-corrected chi connectivity index (χ4v) is 3.10. The van der Waals surface area contributed by atoms with Gasteiger partial charge >= 0.3 is 0 Å². The van der Waals surface area contributed by atoms with Crippen LogP contribution in [0.4, 0.5) is 0 Å². The first-order chi connectivity index (χ1) is 11.9. The third-order valence-corrected chi connectivity index (χ3v) is 4.28. The summed E-state index contributed by atoms with van der Waals surface area (Å²) < 4.78 is 0. The Morgan fingerprint density at radius 2 is 2.00 bits per heavy atom. The summed E-state index contributed by atoms with van der Waals surface area (Å²) in [7, 11) is 0. The van der Waals surface area contributed by atoms with Gasteiger partial charge in [0.05, 0.1) is 0 Å². The summed E-state index contributed by atoms with van der Waals surface area (Å²) in [6.45, 7) is 14.0. The molecule has 0 aromatic heterocycles. The van der Waals surface area contributed by atoms with Crippen molar-refractivity contribution in [2.45, 2.75) is 54.4 Å². The lowest BCUT2D eigenvalue weighted by atomic mass is 9.91. The maximum absolute atomic E-state index is 5.27. The molecule has 136 valence electrons. The van der Waals surface area contributed by atoms with Crippen LogP contribution < -0.4 is 11.1 Å². The Labute approximate surface area is 154 Å². The molecule has 1 rings (SSSR count). The fourth-order valence-electron chi connectivity index (χ4n) is 3.10. The molecule has 0 amide bonds. The Hall–Kier alpha value is -2.14. The quantitative estimate of drug-likeness (QED) is 0.379. The first-order valence-electron chi connectivity index (χ1n) is 9.24. The van der Waals surface area contributed by atoms with E-state index in [1.54, 1.807) is 0 Å². The van der Waals surface area contributed by atoms with Crippen molar-refractivity contribution in [2.75, 3.05) is 6.54 Å². The summed E-state index contributed by atoms with van der Waals surface area (Å²) >= 11 is 0. The highest BCUT2D eigenvalue weighted by Gasteiger charge is 2.23.